The third-order valence-corrected chi connectivity index (χ3v) is 4.52. The van der Waals surface area contributed by atoms with E-state index in [1.807, 2.05) is 6.07 Å². The lowest BCUT2D eigenvalue weighted by atomic mass is 9.94. The molecule has 1 aromatic carbocycles. The highest BCUT2D eigenvalue weighted by molar-refractivity contribution is 6.06. The van der Waals surface area contributed by atoms with Crippen LogP contribution in [0.2, 0.25) is 0 Å². The number of likely N-dealkylation sites (tertiary alicyclic amines) is 1. The molecule has 24 heavy (non-hydrogen) atoms. The smallest absolute Gasteiger partial charge is 0.252 e. The van der Waals surface area contributed by atoms with Gasteiger partial charge in [-0.15, -0.1) is 0 Å². The van der Waals surface area contributed by atoms with Crippen LogP contribution in [0.1, 0.15) is 6.42 Å². The van der Waals surface area contributed by atoms with Crippen molar-refractivity contribution < 1.29 is 9.18 Å². The third-order valence-electron chi connectivity index (χ3n) is 4.52. The lowest BCUT2D eigenvalue weighted by molar-refractivity contribution is -0.120. The topological polar surface area (TPSA) is 81.1 Å². The molecule has 1 fully saturated rings. The third kappa shape index (κ3) is 2.24. The molecule has 1 aromatic heterocycles. The van der Waals surface area contributed by atoms with Crippen LogP contribution in [-0.4, -0.2) is 34.4 Å². The van der Waals surface area contributed by atoms with E-state index >= 15 is 0 Å². The van der Waals surface area contributed by atoms with Crippen LogP contribution in [0.25, 0.3) is 11.1 Å². The molecule has 6 nitrogen and oxygen atoms in total. The van der Waals surface area contributed by atoms with Gasteiger partial charge in [-0.3, -0.25) is 4.79 Å². The van der Waals surface area contributed by atoms with Crippen LogP contribution in [0.3, 0.4) is 0 Å². The van der Waals surface area contributed by atoms with E-state index in [1.165, 1.54) is 12.1 Å². The Hall–Kier alpha value is -3.14. The largest absolute Gasteiger partial charge is 0.353 e. The van der Waals surface area contributed by atoms with Gasteiger partial charge in [0.25, 0.3) is 5.91 Å². The summed E-state index contributed by atoms with van der Waals surface area (Å²) in [5.74, 6) is 0.121. The molecule has 2 aromatic rings. The highest BCUT2D eigenvalue weighted by Crippen LogP contribution is 2.36. The fourth-order valence-electron chi connectivity index (χ4n) is 3.17. The number of hydrogen-bond donors (Lipinski definition) is 2. The number of benzene rings is 1. The highest BCUT2D eigenvalue weighted by Gasteiger charge is 2.47. The van der Waals surface area contributed by atoms with E-state index in [-0.39, 0.29) is 11.7 Å². The van der Waals surface area contributed by atoms with E-state index in [0.29, 0.717) is 31.0 Å². The number of carbonyl (C=O) groups excluding carboxylic acids is 1. The number of halogens is 1. The predicted octanol–water partition coefficient (Wildman–Crippen LogP) is 2.18. The summed E-state index contributed by atoms with van der Waals surface area (Å²) < 4.78 is 13.0. The fourth-order valence-corrected chi connectivity index (χ4v) is 3.17. The van der Waals surface area contributed by atoms with Gasteiger partial charge in [0.1, 0.15) is 11.4 Å². The Balaban J connectivity index is 1.66. The molecule has 2 N–H and O–H groups in total. The SMILES string of the molecule is N#CN1CC[C@@]2(C1)Nc1ncc(-c3ccc(F)cc3)cc1NC2=O. The molecule has 1 amide bonds. The van der Waals surface area contributed by atoms with Gasteiger partial charge in [-0.2, -0.15) is 5.26 Å². The van der Waals surface area contributed by atoms with E-state index in [9.17, 15) is 9.18 Å². The van der Waals surface area contributed by atoms with Crippen molar-refractivity contribution in [3.05, 3.63) is 42.3 Å². The molecule has 0 radical (unpaired) electrons. The fraction of sp³-hybridized carbons (Fsp3) is 0.235. The Morgan fingerprint density at radius 3 is 2.79 bits per heavy atom. The molecule has 1 spiro atoms. The predicted molar refractivity (Wildman–Crippen MR) is 86.4 cm³/mol. The van der Waals surface area contributed by atoms with Gasteiger partial charge in [-0.05, 0) is 30.2 Å². The maximum absolute atomic E-state index is 13.0. The number of fused-ring (bicyclic) bond motifs is 1. The molecule has 3 heterocycles. The number of rotatable bonds is 1. The Morgan fingerprint density at radius 2 is 2.08 bits per heavy atom. The molecular formula is C17H14FN5O. The van der Waals surface area contributed by atoms with Crippen molar-refractivity contribution in [2.75, 3.05) is 23.7 Å². The summed E-state index contributed by atoms with van der Waals surface area (Å²) in [5, 5.41) is 15.1. The lowest BCUT2D eigenvalue weighted by Crippen LogP contribution is -2.54. The van der Waals surface area contributed by atoms with Crippen LogP contribution in [0.4, 0.5) is 15.9 Å². The number of pyridine rings is 1. The van der Waals surface area contributed by atoms with E-state index in [2.05, 4.69) is 21.8 Å². The van der Waals surface area contributed by atoms with Crippen LogP contribution in [0.5, 0.6) is 0 Å². The second kappa shape index (κ2) is 5.20. The second-order valence-electron chi connectivity index (χ2n) is 6.06. The van der Waals surface area contributed by atoms with Gasteiger partial charge in [0.05, 0.1) is 12.2 Å². The molecule has 1 saturated heterocycles. The number of nitrogens with zero attached hydrogens (tertiary/aromatic N) is 3. The summed E-state index contributed by atoms with van der Waals surface area (Å²) in [7, 11) is 0. The number of nitrogens with one attached hydrogen (secondary N) is 2. The molecule has 0 unspecified atom stereocenters. The van der Waals surface area contributed by atoms with Gasteiger partial charge in [-0.1, -0.05) is 12.1 Å². The summed E-state index contributed by atoms with van der Waals surface area (Å²) in [5.41, 5.74) is 1.38. The number of amides is 1. The maximum Gasteiger partial charge on any atom is 0.252 e. The molecule has 1 atom stereocenters. The number of hydrogen-bond acceptors (Lipinski definition) is 5. The van der Waals surface area contributed by atoms with E-state index in [4.69, 9.17) is 5.26 Å². The van der Waals surface area contributed by atoms with Crippen LogP contribution in [0.15, 0.2) is 36.5 Å². The lowest BCUT2D eigenvalue weighted by Gasteiger charge is -2.34. The highest BCUT2D eigenvalue weighted by atomic mass is 19.1. The first kappa shape index (κ1) is 14.5. The van der Waals surface area contributed by atoms with Crippen LogP contribution in [0, 0.1) is 17.3 Å². The van der Waals surface area contributed by atoms with Crippen molar-refractivity contribution in [3.8, 4) is 17.3 Å². The Labute approximate surface area is 137 Å². The van der Waals surface area contributed by atoms with Crippen LogP contribution < -0.4 is 10.6 Å². The molecule has 2 aliphatic rings. The first-order chi connectivity index (χ1) is 11.6. The molecule has 4 rings (SSSR count). The number of carbonyl (C=O) groups is 1. The summed E-state index contributed by atoms with van der Waals surface area (Å²) >= 11 is 0. The summed E-state index contributed by atoms with van der Waals surface area (Å²) in [6.07, 6.45) is 4.31. The zero-order chi connectivity index (χ0) is 16.7. The van der Waals surface area contributed by atoms with Crippen molar-refractivity contribution >= 4 is 17.4 Å². The minimum Gasteiger partial charge on any atom is -0.353 e. The van der Waals surface area contributed by atoms with E-state index < -0.39 is 5.54 Å². The molecule has 2 aliphatic heterocycles. The monoisotopic (exact) mass is 323 g/mol. The normalized spacial score (nSPS) is 21.8. The standard InChI is InChI=1S/C17H14FN5O/c18-13-3-1-11(2-4-13)12-7-14-15(20-8-12)22-17(16(24)21-14)5-6-23(9-17)10-19/h1-4,7-8H,5-6,9H2,(H,20,22)(H,21,24)/t17-/m0/s1. The van der Waals surface area contributed by atoms with Crippen molar-refractivity contribution in [3.63, 3.8) is 0 Å². The van der Waals surface area contributed by atoms with Crippen LogP contribution in [-0.2, 0) is 4.79 Å². The average Bonchev–Trinajstić information content (AvgIpc) is 3.01. The Bertz CT molecular complexity index is 860. The zero-order valence-corrected chi connectivity index (χ0v) is 12.7. The minimum absolute atomic E-state index is 0.161. The average molecular weight is 323 g/mol. The van der Waals surface area contributed by atoms with E-state index in [1.54, 1.807) is 23.2 Å². The Morgan fingerprint density at radius 1 is 1.29 bits per heavy atom. The maximum atomic E-state index is 13.0. The van der Waals surface area contributed by atoms with Gasteiger partial charge in [0, 0.05) is 18.3 Å². The van der Waals surface area contributed by atoms with Gasteiger partial charge in [0.2, 0.25) is 0 Å². The summed E-state index contributed by atoms with van der Waals surface area (Å²) in [4.78, 5) is 18.5. The van der Waals surface area contributed by atoms with Crippen LogP contribution >= 0.6 is 0 Å². The zero-order valence-electron chi connectivity index (χ0n) is 12.7. The van der Waals surface area contributed by atoms with Crippen molar-refractivity contribution in [1.82, 2.24) is 9.88 Å². The van der Waals surface area contributed by atoms with Crippen molar-refractivity contribution in [2.45, 2.75) is 12.0 Å². The number of aromatic nitrogens is 1. The van der Waals surface area contributed by atoms with Gasteiger partial charge >= 0.3 is 0 Å². The minimum atomic E-state index is -0.812. The molecule has 0 saturated carbocycles. The van der Waals surface area contributed by atoms with Gasteiger partial charge in [0.15, 0.2) is 12.0 Å². The van der Waals surface area contributed by atoms with Crippen molar-refractivity contribution in [2.24, 2.45) is 0 Å². The summed E-state index contributed by atoms with van der Waals surface area (Å²) in [6, 6.07) is 7.91. The molecular weight excluding hydrogens is 309 g/mol. The van der Waals surface area contributed by atoms with Gasteiger partial charge in [-0.25, -0.2) is 9.37 Å². The Kier molecular flexibility index (Phi) is 3.13. The molecule has 120 valence electrons. The van der Waals surface area contributed by atoms with Crippen molar-refractivity contribution in [1.29, 1.82) is 5.26 Å². The van der Waals surface area contributed by atoms with E-state index in [0.717, 1.165) is 11.1 Å². The first-order valence-electron chi connectivity index (χ1n) is 7.60. The second-order valence-corrected chi connectivity index (χ2v) is 6.06. The summed E-state index contributed by atoms with van der Waals surface area (Å²) in [6.45, 7) is 0.871. The number of anilines is 2. The molecule has 0 aliphatic carbocycles. The quantitative estimate of drug-likeness (QED) is 0.786. The first-order valence-corrected chi connectivity index (χ1v) is 7.60. The molecule has 0 bridgehead atoms. The number of nitriles is 1. The van der Waals surface area contributed by atoms with Gasteiger partial charge < -0.3 is 15.5 Å². The molecule has 7 heteroatoms.